The van der Waals surface area contributed by atoms with Crippen LogP contribution in [-0.2, 0) is 4.79 Å². The van der Waals surface area contributed by atoms with Crippen LogP contribution in [0.2, 0.25) is 0 Å². The third-order valence-electron chi connectivity index (χ3n) is 9.02. The average molecular weight is 524 g/mol. The first-order valence-corrected chi connectivity index (χ1v) is 14.5. The third-order valence-corrected chi connectivity index (χ3v) is 9.02. The SMILES string of the molecule is CCCN(c1ncccn1)C1CCN(C[C@H]2CN([C@H](CC3CCC3)C(=O)O)C[C@@H]2c2cccc(F)c2)CC1. The molecule has 3 heterocycles. The monoisotopic (exact) mass is 523 g/mol. The van der Waals surface area contributed by atoms with Gasteiger partial charge in [-0.25, -0.2) is 14.4 Å². The number of aromatic nitrogens is 2. The number of rotatable bonds is 11. The van der Waals surface area contributed by atoms with Crippen molar-refractivity contribution in [2.75, 3.05) is 44.2 Å². The number of hydrogen-bond acceptors (Lipinski definition) is 6. The summed E-state index contributed by atoms with van der Waals surface area (Å²) in [6.07, 6.45) is 11.0. The van der Waals surface area contributed by atoms with Gasteiger partial charge in [0.2, 0.25) is 5.95 Å². The van der Waals surface area contributed by atoms with Crippen molar-refractivity contribution in [3.05, 3.63) is 54.1 Å². The quantitative estimate of drug-likeness (QED) is 0.459. The average Bonchev–Trinajstić information content (AvgIpc) is 3.30. The van der Waals surface area contributed by atoms with Gasteiger partial charge in [-0.2, -0.15) is 0 Å². The lowest BCUT2D eigenvalue weighted by molar-refractivity contribution is -0.144. The Labute approximate surface area is 226 Å². The molecule has 3 atom stereocenters. The molecular formula is C30H42FN5O2. The molecule has 2 saturated heterocycles. The molecule has 0 radical (unpaired) electrons. The Morgan fingerprint density at radius 3 is 2.53 bits per heavy atom. The zero-order chi connectivity index (χ0) is 26.5. The van der Waals surface area contributed by atoms with Crippen molar-refractivity contribution in [1.29, 1.82) is 0 Å². The van der Waals surface area contributed by atoms with E-state index in [2.05, 4.69) is 31.6 Å². The number of carbonyl (C=O) groups is 1. The zero-order valence-corrected chi connectivity index (χ0v) is 22.6. The number of carboxylic acid groups (broad SMARTS) is 1. The number of benzene rings is 1. The summed E-state index contributed by atoms with van der Waals surface area (Å²) in [4.78, 5) is 28.4. The first-order valence-electron chi connectivity index (χ1n) is 14.5. The van der Waals surface area contributed by atoms with Crippen LogP contribution in [0.15, 0.2) is 42.7 Å². The van der Waals surface area contributed by atoms with E-state index in [1.807, 2.05) is 24.5 Å². The fourth-order valence-corrected chi connectivity index (χ4v) is 6.78. The molecule has 3 fully saturated rings. The minimum absolute atomic E-state index is 0.140. The minimum Gasteiger partial charge on any atom is -0.480 e. The van der Waals surface area contributed by atoms with Gasteiger partial charge in [0.05, 0.1) is 0 Å². The van der Waals surface area contributed by atoms with E-state index in [0.29, 0.717) is 18.5 Å². The molecule has 2 aromatic rings. The molecule has 1 aromatic carbocycles. The highest BCUT2D eigenvalue weighted by atomic mass is 19.1. The fourth-order valence-electron chi connectivity index (χ4n) is 6.78. The molecule has 206 valence electrons. The maximum Gasteiger partial charge on any atom is 0.320 e. The first kappa shape index (κ1) is 27.0. The Kier molecular flexibility index (Phi) is 8.89. The van der Waals surface area contributed by atoms with Crippen molar-refractivity contribution in [2.24, 2.45) is 11.8 Å². The summed E-state index contributed by atoms with van der Waals surface area (Å²) >= 11 is 0. The van der Waals surface area contributed by atoms with E-state index in [9.17, 15) is 14.3 Å². The summed E-state index contributed by atoms with van der Waals surface area (Å²) in [5.74, 6) is 0.833. The highest BCUT2D eigenvalue weighted by molar-refractivity contribution is 5.73. The molecule has 0 bridgehead atoms. The van der Waals surface area contributed by atoms with E-state index in [0.717, 1.165) is 82.8 Å². The predicted molar refractivity (Wildman–Crippen MR) is 147 cm³/mol. The summed E-state index contributed by atoms with van der Waals surface area (Å²) in [5.41, 5.74) is 0.996. The molecule has 3 aliphatic rings. The Morgan fingerprint density at radius 1 is 1.13 bits per heavy atom. The Balaban J connectivity index is 1.26. The largest absolute Gasteiger partial charge is 0.480 e. The molecular weight excluding hydrogens is 481 g/mol. The summed E-state index contributed by atoms with van der Waals surface area (Å²) in [7, 11) is 0. The van der Waals surface area contributed by atoms with Crippen molar-refractivity contribution in [2.45, 2.75) is 69.9 Å². The Hall–Kier alpha value is -2.58. The van der Waals surface area contributed by atoms with Crippen LogP contribution in [0.25, 0.3) is 0 Å². The zero-order valence-electron chi connectivity index (χ0n) is 22.6. The van der Waals surface area contributed by atoms with Crippen molar-refractivity contribution < 1.29 is 14.3 Å². The van der Waals surface area contributed by atoms with Crippen molar-refractivity contribution in [1.82, 2.24) is 19.8 Å². The van der Waals surface area contributed by atoms with Crippen LogP contribution in [0.1, 0.15) is 63.4 Å². The number of hydrogen-bond donors (Lipinski definition) is 1. The van der Waals surface area contributed by atoms with Gasteiger partial charge in [0.1, 0.15) is 11.9 Å². The minimum atomic E-state index is -0.712. The lowest BCUT2D eigenvalue weighted by Crippen LogP contribution is -2.47. The van der Waals surface area contributed by atoms with Gasteiger partial charge >= 0.3 is 5.97 Å². The van der Waals surface area contributed by atoms with Gasteiger partial charge in [-0.1, -0.05) is 38.3 Å². The van der Waals surface area contributed by atoms with Crippen LogP contribution < -0.4 is 4.90 Å². The van der Waals surface area contributed by atoms with E-state index in [-0.39, 0.29) is 17.7 Å². The van der Waals surface area contributed by atoms with Gasteiger partial charge in [0.25, 0.3) is 0 Å². The predicted octanol–water partition coefficient (Wildman–Crippen LogP) is 4.66. The highest BCUT2D eigenvalue weighted by Crippen LogP contribution is 2.38. The third kappa shape index (κ3) is 6.34. The number of halogens is 1. The number of likely N-dealkylation sites (tertiary alicyclic amines) is 2. The van der Waals surface area contributed by atoms with Gasteiger partial charge in [-0.05, 0) is 61.3 Å². The smallest absolute Gasteiger partial charge is 0.320 e. The molecule has 1 N–H and O–H groups in total. The summed E-state index contributed by atoms with van der Waals surface area (Å²) in [6, 6.07) is 8.78. The Morgan fingerprint density at radius 2 is 1.89 bits per heavy atom. The van der Waals surface area contributed by atoms with Crippen LogP contribution in [0.3, 0.4) is 0 Å². The molecule has 1 aliphatic carbocycles. The molecule has 5 rings (SSSR count). The fraction of sp³-hybridized carbons (Fsp3) is 0.633. The van der Waals surface area contributed by atoms with Gasteiger partial charge in [-0.15, -0.1) is 0 Å². The topological polar surface area (TPSA) is 72.8 Å². The van der Waals surface area contributed by atoms with E-state index in [1.165, 1.54) is 12.5 Å². The first-order chi connectivity index (χ1) is 18.5. The lowest BCUT2D eigenvalue weighted by atomic mass is 9.80. The number of anilines is 1. The van der Waals surface area contributed by atoms with Crippen LogP contribution in [0, 0.1) is 17.7 Å². The second-order valence-corrected chi connectivity index (χ2v) is 11.5. The van der Waals surface area contributed by atoms with Crippen LogP contribution in [0.4, 0.5) is 10.3 Å². The molecule has 7 nitrogen and oxygen atoms in total. The van der Waals surface area contributed by atoms with E-state index >= 15 is 0 Å². The number of nitrogens with zero attached hydrogens (tertiary/aromatic N) is 5. The highest BCUT2D eigenvalue weighted by Gasteiger charge is 2.41. The normalized spacial score (nSPS) is 24.3. The van der Waals surface area contributed by atoms with E-state index < -0.39 is 12.0 Å². The maximum absolute atomic E-state index is 14.2. The number of aliphatic carboxylic acids is 1. The van der Waals surface area contributed by atoms with Gasteiger partial charge in [0.15, 0.2) is 0 Å². The van der Waals surface area contributed by atoms with E-state index in [1.54, 1.807) is 12.1 Å². The number of carboxylic acids is 1. The summed E-state index contributed by atoms with van der Waals surface area (Å²) in [6.45, 7) is 7.48. The van der Waals surface area contributed by atoms with Crippen LogP contribution in [-0.4, -0.2) is 82.2 Å². The molecule has 8 heteroatoms. The van der Waals surface area contributed by atoms with Crippen LogP contribution in [0.5, 0.6) is 0 Å². The van der Waals surface area contributed by atoms with Crippen molar-refractivity contribution in [3.63, 3.8) is 0 Å². The summed E-state index contributed by atoms with van der Waals surface area (Å²) in [5, 5.41) is 10.1. The standard InChI is InChI=1S/C30H42FN5O2/c1-2-14-36(30-32-12-5-13-33-30)26-10-15-34(16-11-26)19-24-20-35(28(29(37)38)17-22-6-3-7-22)21-27(24)23-8-4-9-25(31)18-23/h4-5,8-9,12-13,18,22,24,26-28H,2-3,6-7,10-11,14-17,19-21H2,1H3,(H,37,38)/t24-,27+,28+/m0/s1. The second-order valence-electron chi connectivity index (χ2n) is 11.5. The van der Waals surface area contributed by atoms with Crippen molar-refractivity contribution in [3.8, 4) is 0 Å². The van der Waals surface area contributed by atoms with Crippen molar-refractivity contribution >= 4 is 11.9 Å². The van der Waals surface area contributed by atoms with Crippen LogP contribution >= 0.6 is 0 Å². The molecule has 0 spiro atoms. The van der Waals surface area contributed by atoms with E-state index in [4.69, 9.17) is 0 Å². The van der Waals surface area contributed by atoms with Gasteiger partial charge in [-0.3, -0.25) is 9.69 Å². The molecule has 1 aromatic heterocycles. The lowest BCUT2D eigenvalue weighted by Gasteiger charge is -2.39. The van der Waals surface area contributed by atoms with Gasteiger partial charge in [0, 0.05) is 63.6 Å². The second kappa shape index (κ2) is 12.5. The van der Waals surface area contributed by atoms with Gasteiger partial charge < -0.3 is 14.9 Å². The number of piperidine rings is 1. The maximum atomic E-state index is 14.2. The summed E-state index contributed by atoms with van der Waals surface area (Å²) < 4.78 is 14.2. The molecule has 1 saturated carbocycles. The Bertz CT molecular complexity index is 1040. The molecule has 0 amide bonds. The molecule has 38 heavy (non-hydrogen) atoms. The molecule has 0 unspecified atom stereocenters. The molecule has 2 aliphatic heterocycles.